The third-order valence-corrected chi connectivity index (χ3v) is 4.83. The molecule has 6 nitrogen and oxygen atoms in total. The second kappa shape index (κ2) is 9.17. The first-order valence-electron chi connectivity index (χ1n) is 9.18. The van der Waals surface area contributed by atoms with Gasteiger partial charge in [0.25, 0.3) is 0 Å². The standard InChI is InChI=1S/C19H28N2O4/c22-17-4-1-3-15(11-17)12-21-8-6-16(7-9-21)20-19(23)14-24-13-18-5-2-10-25-18/h1,3-4,11,16,18,22H,2,5-10,12-14H2,(H,20,23). The van der Waals surface area contributed by atoms with Crippen LogP contribution in [0.25, 0.3) is 0 Å². The molecule has 2 fully saturated rings. The van der Waals surface area contributed by atoms with Gasteiger partial charge in [-0.3, -0.25) is 9.69 Å². The van der Waals surface area contributed by atoms with Gasteiger partial charge in [-0.15, -0.1) is 0 Å². The number of piperidine rings is 1. The fourth-order valence-corrected chi connectivity index (χ4v) is 3.48. The van der Waals surface area contributed by atoms with E-state index in [9.17, 15) is 9.90 Å². The molecule has 0 aliphatic carbocycles. The van der Waals surface area contributed by atoms with Crippen LogP contribution in [0.2, 0.25) is 0 Å². The van der Waals surface area contributed by atoms with Gasteiger partial charge in [0.05, 0.1) is 12.7 Å². The Bertz CT molecular complexity index is 552. The van der Waals surface area contributed by atoms with Crippen LogP contribution in [0.3, 0.4) is 0 Å². The van der Waals surface area contributed by atoms with Gasteiger partial charge in [0.2, 0.25) is 5.91 Å². The summed E-state index contributed by atoms with van der Waals surface area (Å²) in [5.41, 5.74) is 1.12. The van der Waals surface area contributed by atoms with Gasteiger partial charge in [-0.25, -0.2) is 0 Å². The lowest BCUT2D eigenvalue weighted by molar-refractivity contribution is -0.127. The van der Waals surface area contributed by atoms with Crippen molar-refractivity contribution in [3.8, 4) is 5.75 Å². The fourth-order valence-electron chi connectivity index (χ4n) is 3.48. The van der Waals surface area contributed by atoms with Gasteiger partial charge in [-0.05, 0) is 43.4 Å². The Hall–Kier alpha value is -1.63. The summed E-state index contributed by atoms with van der Waals surface area (Å²) in [6.45, 7) is 4.15. The summed E-state index contributed by atoms with van der Waals surface area (Å²) < 4.78 is 10.9. The maximum absolute atomic E-state index is 12.0. The maximum Gasteiger partial charge on any atom is 0.246 e. The van der Waals surface area contributed by atoms with E-state index in [0.29, 0.717) is 12.4 Å². The minimum atomic E-state index is -0.0376. The SMILES string of the molecule is O=C(COCC1CCCO1)NC1CCN(Cc2cccc(O)c2)CC1. The summed E-state index contributed by atoms with van der Waals surface area (Å²) >= 11 is 0. The van der Waals surface area contributed by atoms with E-state index < -0.39 is 0 Å². The molecule has 1 amide bonds. The average Bonchev–Trinajstić information content (AvgIpc) is 3.10. The number of nitrogens with one attached hydrogen (secondary N) is 1. The highest BCUT2D eigenvalue weighted by Crippen LogP contribution is 2.17. The number of aromatic hydroxyl groups is 1. The Morgan fingerprint density at radius 3 is 2.88 bits per heavy atom. The van der Waals surface area contributed by atoms with E-state index in [2.05, 4.69) is 10.2 Å². The number of rotatable bonds is 7. The molecule has 2 N–H and O–H groups in total. The minimum absolute atomic E-state index is 0.0376. The smallest absolute Gasteiger partial charge is 0.246 e. The number of hydrogen-bond donors (Lipinski definition) is 2. The van der Waals surface area contributed by atoms with Crippen LogP contribution in [0.5, 0.6) is 5.75 Å². The third kappa shape index (κ3) is 5.99. The van der Waals surface area contributed by atoms with E-state index in [-0.39, 0.29) is 24.7 Å². The number of benzene rings is 1. The number of carbonyl (C=O) groups is 1. The molecule has 0 spiro atoms. The molecule has 0 bridgehead atoms. The zero-order valence-corrected chi connectivity index (χ0v) is 14.7. The first kappa shape index (κ1) is 18.2. The predicted molar refractivity (Wildman–Crippen MR) is 94.3 cm³/mol. The third-order valence-electron chi connectivity index (χ3n) is 4.83. The van der Waals surface area contributed by atoms with Crippen LogP contribution >= 0.6 is 0 Å². The first-order valence-corrected chi connectivity index (χ1v) is 9.18. The molecule has 2 heterocycles. The van der Waals surface area contributed by atoms with Crippen LogP contribution in [0.15, 0.2) is 24.3 Å². The number of carbonyl (C=O) groups excluding carboxylic acids is 1. The molecule has 2 aliphatic heterocycles. The number of hydrogen-bond acceptors (Lipinski definition) is 5. The van der Waals surface area contributed by atoms with Crippen molar-refractivity contribution in [3.63, 3.8) is 0 Å². The van der Waals surface area contributed by atoms with Crippen molar-refractivity contribution < 1.29 is 19.4 Å². The highest BCUT2D eigenvalue weighted by Gasteiger charge is 2.21. The fraction of sp³-hybridized carbons (Fsp3) is 0.632. The summed E-state index contributed by atoms with van der Waals surface area (Å²) in [7, 11) is 0. The van der Waals surface area contributed by atoms with Crippen LogP contribution in [0, 0.1) is 0 Å². The Kier molecular flexibility index (Phi) is 6.67. The zero-order chi connectivity index (χ0) is 17.5. The molecule has 1 aromatic carbocycles. The molecule has 6 heteroatoms. The summed E-state index contributed by atoms with van der Waals surface area (Å²) in [6, 6.07) is 7.61. The normalized spacial score (nSPS) is 22.2. The highest BCUT2D eigenvalue weighted by molar-refractivity contribution is 5.77. The molecule has 25 heavy (non-hydrogen) atoms. The minimum Gasteiger partial charge on any atom is -0.508 e. The Labute approximate surface area is 149 Å². The number of amides is 1. The van der Waals surface area contributed by atoms with Crippen LogP contribution in [0.1, 0.15) is 31.2 Å². The molecule has 3 rings (SSSR count). The quantitative estimate of drug-likeness (QED) is 0.784. The van der Waals surface area contributed by atoms with Crippen LogP contribution in [-0.2, 0) is 20.8 Å². The predicted octanol–water partition coefficient (Wildman–Crippen LogP) is 1.67. The summed E-state index contributed by atoms with van der Waals surface area (Å²) in [4.78, 5) is 14.3. The van der Waals surface area contributed by atoms with Crippen molar-refractivity contribution in [3.05, 3.63) is 29.8 Å². The molecule has 138 valence electrons. The van der Waals surface area contributed by atoms with E-state index in [1.165, 1.54) is 0 Å². The van der Waals surface area contributed by atoms with E-state index in [1.54, 1.807) is 12.1 Å². The van der Waals surface area contributed by atoms with E-state index in [1.807, 2.05) is 12.1 Å². The Balaban J connectivity index is 1.31. The topological polar surface area (TPSA) is 71.0 Å². The number of likely N-dealkylation sites (tertiary alicyclic amines) is 1. The van der Waals surface area contributed by atoms with Crippen LogP contribution in [0.4, 0.5) is 0 Å². The Morgan fingerprint density at radius 1 is 1.32 bits per heavy atom. The van der Waals surface area contributed by atoms with Crippen LogP contribution in [-0.4, -0.2) is 61.0 Å². The van der Waals surface area contributed by atoms with Crippen molar-refractivity contribution in [2.24, 2.45) is 0 Å². The molecule has 0 aromatic heterocycles. The molecular weight excluding hydrogens is 320 g/mol. The molecule has 0 saturated carbocycles. The van der Waals surface area contributed by atoms with Gasteiger partial charge in [-0.2, -0.15) is 0 Å². The van der Waals surface area contributed by atoms with Gasteiger partial charge >= 0.3 is 0 Å². The second-order valence-electron chi connectivity index (χ2n) is 6.94. The summed E-state index contributed by atoms with van der Waals surface area (Å²) in [5, 5.41) is 12.6. The number of ether oxygens (including phenoxy) is 2. The average molecular weight is 348 g/mol. The molecule has 2 saturated heterocycles. The molecule has 1 unspecified atom stereocenters. The molecular formula is C19H28N2O4. The van der Waals surface area contributed by atoms with Crippen molar-refractivity contribution in [2.75, 3.05) is 32.9 Å². The maximum atomic E-state index is 12.0. The van der Waals surface area contributed by atoms with Gasteiger partial charge in [0.1, 0.15) is 12.4 Å². The number of nitrogens with zero attached hydrogens (tertiary/aromatic N) is 1. The van der Waals surface area contributed by atoms with Gasteiger partial charge in [0, 0.05) is 32.3 Å². The monoisotopic (exact) mass is 348 g/mol. The highest BCUT2D eigenvalue weighted by atomic mass is 16.5. The summed E-state index contributed by atoms with van der Waals surface area (Å²) in [5.74, 6) is 0.270. The lowest BCUT2D eigenvalue weighted by Crippen LogP contribution is -2.45. The van der Waals surface area contributed by atoms with Crippen molar-refractivity contribution in [1.82, 2.24) is 10.2 Å². The van der Waals surface area contributed by atoms with E-state index in [4.69, 9.17) is 9.47 Å². The summed E-state index contributed by atoms with van der Waals surface area (Å²) in [6.07, 6.45) is 4.15. The van der Waals surface area contributed by atoms with Gasteiger partial charge in [0.15, 0.2) is 0 Å². The molecule has 0 radical (unpaired) electrons. The van der Waals surface area contributed by atoms with E-state index >= 15 is 0 Å². The first-order chi connectivity index (χ1) is 12.2. The molecule has 1 aromatic rings. The number of phenols is 1. The molecule has 1 atom stereocenters. The zero-order valence-electron chi connectivity index (χ0n) is 14.7. The van der Waals surface area contributed by atoms with Crippen molar-refractivity contribution in [2.45, 2.75) is 44.4 Å². The van der Waals surface area contributed by atoms with Crippen molar-refractivity contribution in [1.29, 1.82) is 0 Å². The largest absolute Gasteiger partial charge is 0.508 e. The van der Waals surface area contributed by atoms with Crippen LogP contribution < -0.4 is 5.32 Å². The lowest BCUT2D eigenvalue weighted by atomic mass is 10.0. The van der Waals surface area contributed by atoms with Crippen molar-refractivity contribution >= 4 is 5.91 Å². The molecule has 2 aliphatic rings. The second-order valence-corrected chi connectivity index (χ2v) is 6.94. The van der Waals surface area contributed by atoms with Gasteiger partial charge < -0.3 is 19.9 Å². The lowest BCUT2D eigenvalue weighted by Gasteiger charge is -2.32. The number of phenolic OH excluding ortho intramolecular Hbond substituents is 1. The Morgan fingerprint density at radius 2 is 2.16 bits per heavy atom. The van der Waals surface area contributed by atoms with Gasteiger partial charge in [-0.1, -0.05) is 12.1 Å². The van der Waals surface area contributed by atoms with E-state index in [0.717, 1.165) is 57.5 Å².